The number of carbonyl (C=O) groups excluding carboxylic acids is 1. The zero-order chi connectivity index (χ0) is 13.5. The van der Waals surface area contributed by atoms with Crippen molar-refractivity contribution in [2.45, 2.75) is 33.6 Å². The molecule has 0 aliphatic carbocycles. The van der Waals surface area contributed by atoms with E-state index in [4.69, 9.17) is 0 Å². The molecule has 1 rings (SSSR count). The summed E-state index contributed by atoms with van der Waals surface area (Å²) in [5.74, 6) is 0.720. The van der Waals surface area contributed by atoms with Crippen molar-refractivity contribution in [2.24, 2.45) is 5.92 Å². The van der Waals surface area contributed by atoms with Crippen LogP contribution in [0.1, 0.15) is 42.6 Å². The molecular formula is C15H24N2O. The summed E-state index contributed by atoms with van der Waals surface area (Å²) in [6.07, 6.45) is 2.19. The normalized spacial score (nSPS) is 10.5. The zero-order valence-corrected chi connectivity index (χ0v) is 11.8. The highest BCUT2D eigenvalue weighted by atomic mass is 16.1. The van der Waals surface area contributed by atoms with Gasteiger partial charge in [0, 0.05) is 24.8 Å². The van der Waals surface area contributed by atoms with Crippen LogP contribution in [0.2, 0.25) is 0 Å². The van der Waals surface area contributed by atoms with E-state index in [1.807, 2.05) is 32.2 Å². The molecule has 0 aromatic heterocycles. The van der Waals surface area contributed by atoms with Gasteiger partial charge < -0.3 is 10.6 Å². The van der Waals surface area contributed by atoms with Crippen LogP contribution in [-0.4, -0.2) is 19.5 Å². The van der Waals surface area contributed by atoms with Gasteiger partial charge in [0.25, 0.3) is 5.91 Å². The molecule has 1 aromatic rings. The molecule has 0 fully saturated rings. The van der Waals surface area contributed by atoms with Crippen molar-refractivity contribution in [2.75, 3.05) is 18.9 Å². The van der Waals surface area contributed by atoms with Gasteiger partial charge in [0.05, 0.1) is 0 Å². The molecular weight excluding hydrogens is 224 g/mol. The minimum absolute atomic E-state index is 0.0268. The Bertz CT molecular complexity index is 399. The number of anilines is 1. The van der Waals surface area contributed by atoms with Crippen LogP contribution in [0.25, 0.3) is 0 Å². The van der Waals surface area contributed by atoms with Gasteiger partial charge in [-0.25, -0.2) is 0 Å². The summed E-state index contributed by atoms with van der Waals surface area (Å²) in [5.41, 5.74) is 2.80. The highest BCUT2D eigenvalue weighted by Gasteiger charge is 2.08. The molecule has 0 radical (unpaired) electrons. The molecule has 1 aromatic carbocycles. The van der Waals surface area contributed by atoms with Crippen LogP contribution < -0.4 is 10.6 Å². The number of benzene rings is 1. The molecule has 2 N–H and O–H groups in total. The Morgan fingerprint density at radius 3 is 2.61 bits per heavy atom. The standard InChI is InChI=1S/C15H24N2O/c1-11(2)6-5-9-17-15(18)14-8-7-13(16-4)10-12(14)3/h7-8,10-11,16H,5-6,9H2,1-4H3,(H,17,18). The molecule has 0 spiro atoms. The van der Waals surface area contributed by atoms with Gasteiger partial charge in [-0.15, -0.1) is 0 Å². The molecule has 0 saturated heterocycles. The molecule has 100 valence electrons. The Morgan fingerprint density at radius 1 is 1.33 bits per heavy atom. The van der Waals surface area contributed by atoms with E-state index in [1.54, 1.807) is 0 Å². The van der Waals surface area contributed by atoms with E-state index >= 15 is 0 Å². The minimum atomic E-state index is 0.0268. The first-order chi connectivity index (χ1) is 8.54. The van der Waals surface area contributed by atoms with Crippen LogP contribution in [0.3, 0.4) is 0 Å². The monoisotopic (exact) mass is 248 g/mol. The number of amides is 1. The Morgan fingerprint density at radius 2 is 2.06 bits per heavy atom. The lowest BCUT2D eigenvalue weighted by atomic mass is 10.1. The number of aryl methyl sites for hydroxylation is 1. The summed E-state index contributed by atoms with van der Waals surface area (Å²) in [6, 6.07) is 5.79. The molecule has 0 atom stereocenters. The average Bonchev–Trinajstić information content (AvgIpc) is 2.33. The van der Waals surface area contributed by atoms with Gasteiger partial charge in [-0.1, -0.05) is 13.8 Å². The van der Waals surface area contributed by atoms with Gasteiger partial charge in [-0.3, -0.25) is 4.79 Å². The summed E-state index contributed by atoms with van der Waals surface area (Å²) < 4.78 is 0. The van der Waals surface area contributed by atoms with Crippen molar-refractivity contribution in [3.05, 3.63) is 29.3 Å². The van der Waals surface area contributed by atoms with Crippen molar-refractivity contribution in [3.63, 3.8) is 0 Å². The molecule has 18 heavy (non-hydrogen) atoms. The average molecular weight is 248 g/mol. The summed E-state index contributed by atoms with van der Waals surface area (Å²) in [7, 11) is 1.88. The number of hydrogen-bond acceptors (Lipinski definition) is 2. The number of rotatable bonds is 6. The maximum Gasteiger partial charge on any atom is 0.251 e. The summed E-state index contributed by atoms with van der Waals surface area (Å²) >= 11 is 0. The van der Waals surface area contributed by atoms with Crippen LogP contribution in [0.4, 0.5) is 5.69 Å². The largest absolute Gasteiger partial charge is 0.388 e. The van der Waals surface area contributed by atoms with Crippen LogP contribution in [0.15, 0.2) is 18.2 Å². The Balaban J connectivity index is 2.51. The number of carbonyl (C=O) groups is 1. The lowest BCUT2D eigenvalue weighted by Gasteiger charge is -2.10. The molecule has 0 aliphatic rings. The topological polar surface area (TPSA) is 41.1 Å². The molecule has 1 amide bonds. The first-order valence-corrected chi connectivity index (χ1v) is 6.61. The predicted molar refractivity (Wildman–Crippen MR) is 77.1 cm³/mol. The Kier molecular flexibility index (Phi) is 5.69. The van der Waals surface area contributed by atoms with E-state index < -0.39 is 0 Å². The second-order valence-electron chi connectivity index (χ2n) is 5.07. The van der Waals surface area contributed by atoms with E-state index in [-0.39, 0.29) is 5.91 Å². The highest BCUT2D eigenvalue weighted by Crippen LogP contribution is 2.14. The fourth-order valence-electron chi connectivity index (χ4n) is 1.88. The van der Waals surface area contributed by atoms with Crippen molar-refractivity contribution in [1.29, 1.82) is 0 Å². The maximum absolute atomic E-state index is 12.0. The third-order valence-corrected chi connectivity index (χ3v) is 3.00. The smallest absolute Gasteiger partial charge is 0.251 e. The number of hydrogen-bond donors (Lipinski definition) is 2. The van der Waals surface area contributed by atoms with Crippen molar-refractivity contribution in [3.8, 4) is 0 Å². The van der Waals surface area contributed by atoms with Crippen LogP contribution in [-0.2, 0) is 0 Å². The van der Waals surface area contributed by atoms with Gasteiger partial charge in [0.15, 0.2) is 0 Å². The van der Waals surface area contributed by atoms with Crippen molar-refractivity contribution >= 4 is 11.6 Å². The fourth-order valence-corrected chi connectivity index (χ4v) is 1.88. The van der Waals surface area contributed by atoms with E-state index in [0.717, 1.165) is 36.2 Å². The third-order valence-electron chi connectivity index (χ3n) is 3.00. The van der Waals surface area contributed by atoms with Gasteiger partial charge >= 0.3 is 0 Å². The number of nitrogens with one attached hydrogen (secondary N) is 2. The lowest BCUT2D eigenvalue weighted by molar-refractivity contribution is 0.0952. The molecule has 3 heteroatoms. The van der Waals surface area contributed by atoms with Crippen LogP contribution in [0.5, 0.6) is 0 Å². The molecule has 0 unspecified atom stereocenters. The Labute approximate surface area is 110 Å². The fraction of sp³-hybridized carbons (Fsp3) is 0.533. The maximum atomic E-state index is 12.0. The molecule has 0 saturated carbocycles. The second-order valence-corrected chi connectivity index (χ2v) is 5.07. The van der Waals surface area contributed by atoms with Gasteiger partial charge in [0.1, 0.15) is 0 Å². The van der Waals surface area contributed by atoms with E-state index in [1.165, 1.54) is 0 Å². The lowest BCUT2D eigenvalue weighted by Crippen LogP contribution is -2.25. The van der Waals surface area contributed by atoms with E-state index in [0.29, 0.717) is 5.92 Å². The molecule has 0 heterocycles. The zero-order valence-electron chi connectivity index (χ0n) is 11.8. The van der Waals surface area contributed by atoms with E-state index in [2.05, 4.69) is 24.5 Å². The molecule has 0 bridgehead atoms. The summed E-state index contributed by atoms with van der Waals surface area (Å²) in [6.45, 7) is 7.11. The SMILES string of the molecule is CNc1ccc(C(=O)NCCCC(C)C)c(C)c1. The summed E-state index contributed by atoms with van der Waals surface area (Å²) in [5, 5.41) is 6.04. The molecule has 3 nitrogen and oxygen atoms in total. The van der Waals surface area contributed by atoms with Crippen molar-refractivity contribution in [1.82, 2.24) is 5.32 Å². The predicted octanol–water partition coefficient (Wildman–Crippen LogP) is 3.20. The van der Waals surface area contributed by atoms with Gasteiger partial charge in [-0.05, 0) is 49.4 Å². The first-order valence-electron chi connectivity index (χ1n) is 6.61. The summed E-state index contributed by atoms with van der Waals surface area (Å²) in [4.78, 5) is 12.0. The van der Waals surface area contributed by atoms with Crippen molar-refractivity contribution < 1.29 is 4.79 Å². The second kappa shape index (κ2) is 7.04. The third kappa shape index (κ3) is 4.40. The van der Waals surface area contributed by atoms with Gasteiger partial charge in [-0.2, -0.15) is 0 Å². The first kappa shape index (κ1) is 14.6. The minimum Gasteiger partial charge on any atom is -0.388 e. The van der Waals surface area contributed by atoms with Crippen LogP contribution in [0, 0.1) is 12.8 Å². The highest BCUT2D eigenvalue weighted by molar-refractivity contribution is 5.96. The van der Waals surface area contributed by atoms with Gasteiger partial charge in [0.2, 0.25) is 0 Å². The molecule has 0 aliphatic heterocycles. The Hall–Kier alpha value is -1.51. The van der Waals surface area contributed by atoms with Crippen LogP contribution >= 0.6 is 0 Å². The van der Waals surface area contributed by atoms with E-state index in [9.17, 15) is 4.79 Å². The quantitative estimate of drug-likeness (QED) is 0.759.